The molecule has 1 aliphatic rings. The molecule has 1 amide bonds. The normalized spacial score (nSPS) is 14.9. The standard InChI is InChI=1S/C18H18ClNO4/c1-11(12-6-7-12)20-17(21)10-23-18(22)16-9-8-15(24-16)13-4-2-3-5-14(13)19/h2-5,8-9,11-12H,6-7,10H2,1H3,(H,20,21)/t11-/m1/s1. The van der Waals surface area contributed by atoms with Crippen LogP contribution in [0.5, 0.6) is 0 Å². The maximum absolute atomic E-state index is 12.0. The summed E-state index contributed by atoms with van der Waals surface area (Å²) < 4.78 is 10.5. The predicted molar refractivity (Wildman–Crippen MR) is 89.8 cm³/mol. The highest BCUT2D eigenvalue weighted by Gasteiger charge is 2.29. The van der Waals surface area contributed by atoms with E-state index in [1.165, 1.54) is 6.07 Å². The van der Waals surface area contributed by atoms with E-state index in [0.717, 1.165) is 12.8 Å². The molecule has 5 nitrogen and oxygen atoms in total. The van der Waals surface area contributed by atoms with Crippen LogP contribution in [0.4, 0.5) is 0 Å². The van der Waals surface area contributed by atoms with Crippen molar-refractivity contribution >= 4 is 23.5 Å². The summed E-state index contributed by atoms with van der Waals surface area (Å²) in [6.07, 6.45) is 2.27. The first-order chi connectivity index (χ1) is 11.5. The van der Waals surface area contributed by atoms with Crippen LogP contribution in [0.15, 0.2) is 40.8 Å². The average molecular weight is 348 g/mol. The molecule has 1 aromatic heterocycles. The molecule has 0 unspecified atom stereocenters. The zero-order valence-electron chi connectivity index (χ0n) is 13.3. The van der Waals surface area contributed by atoms with Crippen LogP contribution in [0.1, 0.15) is 30.3 Å². The van der Waals surface area contributed by atoms with Gasteiger partial charge in [0.1, 0.15) is 5.76 Å². The molecule has 1 N–H and O–H groups in total. The van der Waals surface area contributed by atoms with Gasteiger partial charge in [0, 0.05) is 11.6 Å². The topological polar surface area (TPSA) is 68.5 Å². The number of hydrogen-bond acceptors (Lipinski definition) is 4. The molecule has 1 heterocycles. The largest absolute Gasteiger partial charge is 0.450 e. The summed E-state index contributed by atoms with van der Waals surface area (Å²) >= 11 is 6.10. The molecule has 126 valence electrons. The average Bonchev–Trinajstić information content (AvgIpc) is 3.31. The van der Waals surface area contributed by atoms with E-state index in [1.54, 1.807) is 18.2 Å². The number of nitrogens with one attached hydrogen (secondary N) is 1. The molecule has 1 aliphatic carbocycles. The molecule has 2 aromatic rings. The van der Waals surface area contributed by atoms with Crippen LogP contribution in [0.3, 0.4) is 0 Å². The van der Waals surface area contributed by atoms with Crippen molar-refractivity contribution in [3.8, 4) is 11.3 Å². The number of halogens is 1. The van der Waals surface area contributed by atoms with Gasteiger partial charge >= 0.3 is 5.97 Å². The number of carbonyl (C=O) groups is 2. The highest BCUT2D eigenvalue weighted by Crippen LogP contribution is 2.32. The molecule has 0 radical (unpaired) electrons. The van der Waals surface area contributed by atoms with Gasteiger partial charge in [0.05, 0.1) is 5.02 Å². The quantitative estimate of drug-likeness (QED) is 0.809. The van der Waals surface area contributed by atoms with Crippen molar-refractivity contribution in [3.05, 3.63) is 47.2 Å². The van der Waals surface area contributed by atoms with Crippen LogP contribution in [0.2, 0.25) is 5.02 Å². The molecular weight excluding hydrogens is 330 g/mol. The van der Waals surface area contributed by atoms with Gasteiger partial charge < -0.3 is 14.5 Å². The molecule has 1 fully saturated rings. The minimum atomic E-state index is -0.678. The molecule has 0 saturated heterocycles. The van der Waals surface area contributed by atoms with Crippen LogP contribution in [-0.2, 0) is 9.53 Å². The second-order valence-electron chi connectivity index (χ2n) is 5.91. The van der Waals surface area contributed by atoms with Crippen LogP contribution in [-0.4, -0.2) is 24.5 Å². The number of amides is 1. The van der Waals surface area contributed by atoms with Crippen molar-refractivity contribution in [1.82, 2.24) is 5.32 Å². The fraction of sp³-hybridized carbons (Fsp3) is 0.333. The van der Waals surface area contributed by atoms with Crippen LogP contribution >= 0.6 is 11.6 Å². The summed E-state index contributed by atoms with van der Waals surface area (Å²) in [5.41, 5.74) is 0.689. The number of rotatable bonds is 6. The Labute approximate surface area is 144 Å². The molecular formula is C18H18ClNO4. The lowest BCUT2D eigenvalue weighted by Gasteiger charge is -2.12. The smallest absolute Gasteiger partial charge is 0.374 e. The van der Waals surface area contributed by atoms with Gasteiger partial charge in [0.15, 0.2) is 6.61 Å². The van der Waals surface area contributed by atoms with E-state index in [2.05, 4.69) is 5.32 Å². The molecule has 0 aliphatic heterocycles. The highest BCUT2D eigenvalue weighted by molar-refractivity contribution is 6.33. The number of benzene rings is 1. The van der Waals surface area contributed by atoms with E-state index < -0.39 is 5.97 Å². The molecule has 0 spiro atoms. The Morgan fingerprint density at radius 1 is 1.29 bits per heavy atom. The molecule has 1 saturated carbocycles. The number of esters is 1. The SMILES string of the molecule is C[C@@H](NC(=O)COC(=O)c1ccc(-c2ccccc2Cl)o1)C1CC1. The van der Waals surface area contributed by atoms with Gasteiger partial charge in [-0.1, -0.05) is 23.7 Å². The molecule has 1 atom stereocenters. The first-order valence-electron chi connectivity index (χ1n) is 7.86. The number of furan rings is 1. The van der Waals surface area contributed by atoms with Crippen molar-refractivity contribution in [2.75, 3.05) is 6.61 Å². The lowest BCUT2D eigenvalue weighted by atomic mass is 10.2. The van der Waals surface area contributed by atoms with Crippen molar-refractivity contribution < 1.29 is 18.7 Å². The zero-order chi connectivity index (χ0) is 17.1. The Kier molecular flexibility index (Phi) is 4.90. The van der Waals surface area contributed by atoms with E-state index in [1.807, 2.05) is 19.1 Å². The Hall–Kier alpha value is -2.27. The first-order valence-corrected chi connectivity index (χ1v) is 8.23. The third-order valence-corrected chi connectivity index (χ3v) is 4.33. The summed E-state index contributed by atoms with van der Waals surface area (Å²) in [7, 11) is 0. The fourth-order valence-electron chi connectivity index (χ4n) is 2.47. The van der Waals surface area contributed by atoms with Crippen molar-refractivity contribution in [3.63, 3.8) is 0 Å². The van der Waals surface area contributed by atoms with E-state index >= 15 is 0 Å². The molecule has 24 heavy (non-hydrogen) atoms. The van der Waals surface area contributed by atoms with Crippen molar-refractivity contribution in [2.45, 2.75) is 25.8 Å². The number of ether oxygens (including phenoxy) is 1. The summed E-state index contributed by atoms with van der Waals surface area (Å²) in [6, 6.07) is 10.4. The second-order valence-corrected chi connectivity index (χ2v) is 6.32. The maximum Gasteiger partial charge on any atom is 0.374 e. The number of hydrogen-bond donors (Lipinski definition) is 1. The van der Waals surface area contributed by atoms with Gasteiger partial charge in [-0.2, -0.15) is 0 Å². The third kappa shape index (κ3) is 3.97. The Morgan fingerprint density at radius 3 is 2.75 bits per heavy atom. The van der Waals surface area contributed by atoms with E-state index in [9.17, 15) is 9.59 Å². The van der Waals surface area contributed by atoms with Crippen LogP contribution in [0.25, 0.3) is 11.3 Å². The first kappa shape index (κ1) is 16.6. The van der Waals surface area contributed by atoms with Gasteiger partial charge in [-0.25, -0.2) is 4.79 Å². The van der Waals surface area contributed by atoms with Gasteiger partial charge in [-0.3, -0.25) is 4.79 Å². The Bertz CT molecular complexity index is 751. The van der Waals surface area contributed by atoms with E-state index in [4.69, 9.17) is 20.8 Å². The molecule has 3 rings (SSSR count). The monoisotopic (exact) mass is 347 g/mol. The van der Waals surface area contributed by atoms with Crippen molar-refractivity contribution in [2.24, 2.45) is 5.92 Å². The second kappa shape index (κ2) is 7.09. The molecule has 0 bridgehead atoms. The third-order valence-electron chi connectivity index (χ3n) is 4.00. The number of carbonyl (C=O) groups excluding carboxylic acids is 2. The minimum absolute atomic E-state index is 0.0351. The van der Waals surface area contributed by atoms with Gasteiger partial charge in [0.25, 0.3) is 5.91 Å². The predicted octanol–water partition coefficient (Wildman–Crippen LogP) is 3.67. The van der Waals surface area contributed by atoms with E-state index in [0.29, 0.717) is 22.3 Å². The minimum Gasteiger partial charge on any atom is -0.450 e. The molecule has 6 heteroatoms. The van der Waals surface area contributed by atoms with Gasteiger partial charge in [-0.15, -0.1) is 0 Å². The summed E-state index contributed by atoms with van der Waals surface area (Å²) in [5, 5.41) is 3.35. The van der Waals surface area contributed by atoms with E-state index in [-0.39, 0.29) is 24.3 Å². The van der Waals surface area contributed by atoms with Crippen LogP contribution < -0.4 is 5.32 Å². The fourth-order valence-corrected chi connectivity index (χ4v) is 2.69. The summed E-state index contributed by atoms with van der Waals surface area (Å²) in [5.74, 6) is 0.0726. The van der Waals surface area contributed by atoms with Crippen LogP contribution in [0, 0.1) is 5.92 Å². The van der Waals surface area contributed by atoms with Gasteiger partial charge in [0.2, 0.25) is 5.76 Å². The maximum atomic E-state index is 12.0. The van der Waals surface area contributed by atoms with Gasteiger partial charge in [-0.05, 0) is 49.9 Å². The molecule has 1 aromatic carbocycles. The summed E-state index contributed by atoms with van der Waals surface area (Å²) in [4.78, 5) is 23.7. The zero-order valence-corrected chi connectivity index (χ0v) is 14.0. The Morgan fingerprint density at radius 2 is 2.04 bits per heavy atom. The Balaban J connectivity index is 1.56. The van der Waals surface area contributed by atoms with Crippen molar-refractivity contribution in [1.29, 1.82) is 0 Å². The lowest BCUT2D eigenvalue weighted by molar-refractivity contribution is -0.125. The summed E-state index contributed by atoms with van der Waals surface area (Å²) in [6.45, 7) is 1.64. The lowest BCUT2D eigenvalue weighted by Crippen LogP contribution is -2.37. The highest BCUT2D eigenvalue weighted by atomic mass is 35.5.